The Labute approximate surface area is 171 Å². The van der Waals surface area contributed by atoms with E-state index in [1.54, 1.807) is 12.4 Å². The Kier molecular flexibility index (Phi) is 4.46. The molecule has 1 aliphatic carbocycles. The molecule has 2 aromatic heterocycles. The number of rotatable bonds is 5. The lowest BCUT2D eigenvalue weighted by molar-refractivity contribution is -0.133. The third-order valence-electron chi connectivity index (χ3n) is 6.49. The molecule has 2 aliphatic rings. The summed E-state index contributed by atoms with van der Waals surface area (Å²) in [5, 5.41) is 0. The van der Waals surface area contributed by atoms with Crippen molar-refractivity contribution in [3.8, 4) is 11.4 Å². The van der Waals surface area contributed by atoms with Crippen molar-refractivity contribution in [3.05, 3.63) is 72.3 Å². The van der Waals surface area contributed by atoms with E-state index in [1.165, 1.54) is 5.56 Å². The molecule has 1 saturated heterocycles. The molecule has 1 unspecified atom stereocenters. The molecule has 5 nitrogen and oxygen atoms in total. The van der Waals surface area contributed by atoms with Gasteiger partial charge >= 0.3 is 0 Å². The fourth-order valence-electron chi connectivity index (χ4n) is 4.66. The number of amides is 1. The van der Waals surface area contributed by atoms with Gasteiger partial charge in [-0.1, -0.05) is 30.3 Å². The predicted molar refractivity (Wildman–Crippen MR) is 112 cm³/mol. The van der Waals surface area contributed by atoms with Crippen molar-refractivity contribution in [1.82, 2.24) is 19.4 Å². The van der Waals surface area contributed by atoms with Crippen LogP contribution >= 0.6 is 0 Å². The van der Waals surface area contributed by atoms with E-state index in [2.05, 4.69) is 38.5 Å². The number of hydrogen-bond acceptors (Lipinski definition) is 3. The number of imidazole rings is 1. The molecule has 1 saturated carbocycles. The van der Waals surface area contributed by atoms with Crippen LogP contribution in [0.5, 0.6) is 0 Å². The van der Waals surface area contributed by atoms with Crippen LogP contribution in [0.2, 0.25) is 0 Å². The number of hydrogen-bond donors (Lipinski definition) is 0. The predicted octanol–water partition coefficient (Wildman–Crippen LogP) is 3.83. The molecule has 1 atom stereocenters. The number of aromatic nitrogens is 3. The molecular weight excluding hydrogens is 360 g/mol. The monoisotopic (exact) mass is 386 g/mol. The molecule has 0 radical (unpaired) electrons. The maximum Gasteiger partial charge on any atom is 0.233 e. The molecule has 29 heavy (non-hydrogen) atoms. The highest BCUT2D eigenvalue weighted by molar-refractivity contribution is 5.91. The van der Waals surface area contributed by atoms with Crippen LogP contribution in [-0.4, -0.2) is 38.4 Å². The summed E-state index contributed by atoms with van der Waals surface area (Å²) in [5.41, 5.74) is 3.16. The average Bonchev–Trinajstić information content (AvgIpc) is 3.32. The fourth-order valence-corrected chi connectivity index (χ4v) is 4.66. The summed E-state index contributed by atoms with van der Waals surface area (Å²) in [7, 11) is 0. The summed E-state index contributed by atoms with van der Waals surface area (Å²) < 4.78 is 2.29. The van der Waals surface area contributed by atoms with Crippen molar-refractivity contribution in [1.29, 1.82) is 0 Å². The number of likely N-dealkylation sites (tertiary alicyclic amines) is 1. The van der Waals surface area contributed by atoms with Gasteiger partial charge in [0.2, 0.25) is 5.91 Å². The normalized spacial score (nSPS) is 20.0. The Morgan fingerprint density at radius 1 is 1.14 bits per heavy atom. The molecule has 0 bridgehead atoms. The van der Waals surface area contributed by atoms with Crippen molar-refractivity contribution in [2.45, 2.75) is 38.1 Å². The second-order valence-electron chi connectivity index (χ2n) is 8.42. The number of carbonyl (C=O) groups is 1. The maximum atomic E-state index is 13.3. The summed E-state index contributed by atoms with van der Waals surface area (Å²) in [6.07, 6.45) is 8.54. The summed E-state index contributed by atoms with van der Waals surface area (Å²) in [6.45, 7) is 4.69. The number of carbonyl (C=O) groups excluding carboxylic acids is 1. The van der Waals surface area contributed by atoms with E-state index in [9.17, 15) is 4.79 Å². The molecule has 0 N–H and O–H groups in total. The Bertz CT molecular complexity index is 1010. The third-order valence-corrected chi connectivity index (χ3v) is 6.49. The van der Waals surface area contributed by atoms with Crippen LogP contribution in [0.15, 0.2) is 61.1 Å². The third kappa shape index (κ3) is 3.24. The second kappa shape index (κ2) is 7.14. The number of pyridine rings is 1. The molecule has 1 aliphatic heterocycles. The van der Waals surface area contributed by atoms with E-state index in [0.717, 1.165) is 56.0 Å². The first-order valence-electron chi connectivity index (χ1n) is 10.4. The molecule has 5 heteroatoms. The van der Waals surface area contributed by atoms with Gasteiger partial charge in [0.1, 0.15) is 5.82 Å². The summed E-state index contributed by atoms with van der Waals surface area (Å²) in [5.74, 6) is 1.76. The van der Waals surface area contributed by atoms with Gasteiger partial charge in [-0.05, 0) is 49.8 Å². The zero-order valence-electron chi connectivity index (χ0n) is 16.8. The molecule has 148 valence electrons. The lowest BCUT2D eigenvalue weighted by Gasteiger charge is -2.24. The van der Waals surface area contributed by atoms with Crippen molar-refractivity contribution in [3.63, 3.8) is 0 Å². The number of benzene rings is 1. The van der Waals surface area contributed by atoms with Gasteiger partial charge < -0.3 is 9.47 Å². The Hall–Kier alpha value is -2.95. The Balaban J connectivity index is 1.30. The standard InChI is InChI=1S/C24H26N4O/c1-18-15-26-22(20-7-12-25-13-8-20)28(18)17-19-9-14-27(16-19)23(29)24(10-11-24)21-5-3-2-4-6-21/h2-8,12-13,15,19H,9-11,14,16-17H2,1H3. The molecule has 1 aromatic carbocycles. The SMILES string of the molecule is Cc1cnc(-c2ccncc2)n1CC1CCN(C(=O)C2(c3ccccc3)CC2)C1. The van der Waals surface area contributed by atoms with Gasteiger partial charge in [0.25, 0.3) is 0 Å². The topological polar surface area (TPSA) is 51.0 Å². The lowest BCUT2D eigenvalue weighted by Crippen LogP contribution is -2.38. The summed E-state index contributed by atoms with van der Waals surface area (Å²) in [6, 6.07) is 14.3. The van der Waals surface area contributed by atoms with Gasteiger partial charge in [0.05, 0.1) is 5.41 Å². The minimum absolute atomic E-state index is 0.261. The highest BCUT2D eigenvalue weighted by Crippen LogP contribution is 2.50. The van der Waals surface area contributed by atoms with Crippen LogP contribution < -0.4 is 0 Å². The summed E-state index contributed by atoms with van der Waals surface area (Å²) in [4.78, 5) is 24.2. The fraction of sp³-hybridized carbons (Fsp3) is 0.375. The van der Waals surface area contributed by atoms with Crippen LogP contribution in [0, 0.1) is 12.8 Å². The van der Waals surface area contributed by atoms with E-state index in [4.69, 9.17) is 0 Å². The lowest BCUT2D eigenvalue weighted by atomic mass is 9.94. The first-order valence-corrected chi connectivity index (χ1v) is 10.4. The van der Waals surface area contributed by atoms with Gasteiger partial charge in [-0.2, -0.15) is 0 Å². The van der Waals surface area contributed by atoms with E-state index in [0.29, 0.717) is 11.8 Å². The van der Waals surface area contributed by atoms with Crippen LogP contribution in [0.25, 0.3) is 11.4 Å². The molecule has 3 heterocycles. The molecule has 3 aromatic rings. The average molecular weight is 386 g/mol. The van der Waals surface area contributed by atoms with E-state index in [1.807, 2.05) is 36.5 Å². The highest BCUT2D eigenvalue weighted by Gasteiger charge is 2.53. The maximum absolute atomic E-state index is 13.3. The Morgan fingerprint density at radius 3 is 2.62 bits per heavy atom. The van der Waals surface area contributed by atoms with Gasteiger partial charge in [-0.15, -0.1) is 0 Å². The van der Waals surface area contributed by atoms with E-state index >= 15 is 0 Å². The first kappa shape index (κ1) is 18.1. The van der Waals surface area contributed by atoms with Crippen molar-refractivity contribution < 1.29 is 4.79 Å². The second-order valence-corrected chi connectivity index (χ2v) is 8.42. The number of nitrogens with zero attached hydrogens (tertiary/aromatic N) is 4. The molecule has 5 rings (SSSR count). The van der Waals surface area contributed by atoms with Crippen LogP contribution in [0.4, 0.5) is 0 Å². The van der Waals surface area contributed by atoms with Crippen molar-refractivity contribution >= 4 is 5.91 Å². The molecule has 1 amide bonds. The first-order chi connectivity index (χ1) is 14.2. The molecule has 2 fully saturated rings. The molecular formula is C24H26N4O. The van der Waals surface area contributed by atoms with Crippen LogP contribution in [-0.2, 0) is 16.8 Å². The van der Waals surface area contributed by atoms with Crippen LogP contribution in [0.1, 0.15) is 30.5 Å². The molecule has 0 spiro atoms. The quantitative estimate of drug-likeness (QED) is 0.670. The van der Waals surface area contributed by atoms with Crippen molar-refractivity contribution in [2.75, 3.05) is 13.1 Å². The van der Waals surface area contributed by atoms with Crippen molar-refractivity contribution in [2.24, 2.45) is 5.92 Å². The highest BCUT2D eigenvalue weighted by atomic mass is 16.2. The minimum atomic E-state index is -0.261. The summed E-state index contributed by atoms with van der Waals surface area (Å²) >= 11 is 0. The van der Waals surface area contributed by atoms with Gasteiger partial charge in [-0.3, -0.25) is 9.78 Å². The zero-order valence-corrected chi connectivity index (χ0v) is 16.8. The zero-order chi connectivity index (χ0) is 19.8. The Morgan fingerprint density at radius 2 is 1.90 bits per heavy atom. The van der Waals surface area contributed by atoms with Gasteiger partial charge in [0, 0.05) is 49.5 Å². The van der Waals surface area contributed by atoms with Gasteiger partial charge in [-0.25, -0.2) is 4.98 Å². The number of aryl methyl sites for hydroxylation is 1. The van der Waals surface area contributed by atoms with E-state index < -0.39 is 0 Å². The smallest absolute Gasteiger partial charge is 0.233 e. The largest absolute Gasteiger partial charge is 0.342 e. The van der Waals surface area contributed by atoms with Crippen LogP contribution in [0.3, 0.4) is 0 Å². The minimum Gasteiger partial charge on any atom is -0.342 e. The van der Waals surface area contributed by atoms with E-state index in [-0.39, 0.29) is 5.41 Å². The van der Waals surface area contributed by atoms with Gasteiger partial charge in [0.15, 0.2) is 0 Å².